The number of rotatable bonds is 11. The molecule has 0 aliphatic carbocycles. The topological polar surface area (TPSA) is 83.0 Å². The number of sulfonamides is 1. The summed E-state index contributed by atoms with van der Waals surface area (Å²) >= 11 is 1.30. The molecule has 1 fully saturated rings. The Kier molecular flexibility index (Phi) is 10.4. The van der Waals surface area contributed by atoms with Crippen LogP contribution in [-0.2, 0) is 21.3 Å². The van der Waals surface area contributed by atoms with Crippen molar-refractivity contribution in [2.24, 2.45) is 10.9 Å². The number of unbranched alkanes of at least 4 members (excludes halogenated alkanes) is 1. The Bertz CT molecular complexity index is 728. The number of ether oxygens (including phenoxy) is 1. The van der Waals surface area contributed by atoms with Gasteiger partial charge in [0.1, 0.15) is 4.21 Å². The van der Waals surface area contributed by atoms with Gasteiger partial charge in [0.15, 0.2) is 5.96 Å². The van der Waals surface area contributed by atoms with Crippen molar-refractivity contribution in [1.82, 2.24) is 14.9 Å². The minimum absolute atomic E-state index is 0.383. The summed E-state index contributed by atoms with van der Waals surface area (Å²) in [7, 11) is -3.43. The second-order valence-electron chi connectivity index (χ2n) is 7.23. The van der Waals surface area contributed by atoms with Crippen LogP contribution in [-0.4, -0.2) is 58.1 Å². The molecule has 2 N–H and O–H groups in total. The van der Waals surface area contributed by atoms with Gasteiger partial charge in [-0.25, -0.2) is 13.4 Å². The molecule has 0 bridgehead atoms. The van der Waals surface area contributed by atoms with Crippen LogP contribution in [0.5, 0.6) is 0 Å². The highest BCUT2D eigenvalue weighted by Gasteiger charge is 2.27. The van der Waals surface area contributed by atoms with Crippen molar-refractivity contribution in [2.45, 2.75) is 57.2 Å². The molecule has 7 nitrogen and oxygen atoms in total. The first-order valence-corrected chi connectivity index (χ1v) is 13.0. The molecule has 1 saturated heterocycles. The number of nitrogens with zero attached hydrogens (tertiary/aromatic N) is 2. The fourth-order valence-electron chi connectivity index (χ4n) is 3.18. The summed E-state index contributed by atoms with van der Waals surface area (Å²) in [6.45, 7) is 10.4. The summed E-state index contributed by atoms with van der Waals surface area (Å²) in [5.74, 6) is 1.43. The average molecular weight is 445 g/mol. The fourth-order valence-corrected chi connectivity index (χ4v) is 6.02. The van der Waals surface area contributed by atoms with E-state index in [-0.39, 0.29) is 0 Å². The molecule has 2 heterocycles. The first-order valence-electron chi connectivity index (χ1n) is 10.7. The molecule has 0 spiro atoms. The molecule has 9 heteroatoms. The Hall–Kier alpha value is -1.16. The average Bonchev–Trinajstić information content (AvgIpc) is 3.22. The largest absolute Gasteiger partial charge is 0.379 e. The Labute approximate surface area is 180 Å². The highest BCUT2D eigenvalue weighted by Crippen LogP contribution is 2.26. The molecule has 1 unspecified atom stereocenters. The van der Waals surface area contributed by atoms with E-state index < -0.39 is 10.0 Å². The van der Waals surface area contributed by atoms with E-state index in [2.05, 4.69) is 29.5 Å². The fraction of sp³-hybridized carbons (Fsp3) is 0.750. The van der Waals surface area contributed by atoms with E-state index in [1.807, 2.05) is 13.0 Å². The van der Waals surface area contributed by atoms with Gasteiger partial charge in [-0.3, -0.25) is 0 Å². The Morgan fingerprint density at radius 2 is 2.00 bits per heavy atom. The number of hydrogen-bond donors (Lipinski definition) is 2. The van der Waals surface area contributed by atoms with Crippen LogP contribution in [0.25, 0.3) is 0 Å². The summed E-state index contributed by atoms with van der Waals surface area (Å²) < 4.78 is 32.7. The SMILES string of the molecule is CCCCC(CC)CNC(=NCc1ccc(S(=O)(=O)N2CCOCC2)s1)NCC. The van der Waals surface area contributed by atoms with Crippen LogP contribution >= 0.6 is 11.3 Å². The van der Waals surface area contributed by atoms with Crippen LogP contribution in [0.1, 0.15) is 51.3 Å². The molecule has 0 radical (unpaired) electrons. The molecular formula is C20H36N4O3S2. The van der Waals surface area contributed by atoms with Gasteiger partial charge in [-0.2, -0.15) is 4.31 Å². The quantitative estimate of drug-likeness (QED) is 0.405. The van der Waals surface area contributed by atoms with Gasteiger partial charge in [-0.05, 0) is 31.4 Å². The number of guanidine groups is 1. The Balaban J connectivity index is 1.97. The van der Waals surface area contributed by atoms with Crippen molar-refractivity contribution in [3.63, 3.8) is 0 Å². The van der Waals surface area contributed by atoms with Crippen LogP contribution in [0.3, 0.4) is 0 Å². The molecule has 1 atom stereocenters. The zero-order valence-electron chi connectivity index (χ0n) is 17.9. The lowest BCUT2D eigenvalue weighted by Gasteiger charge is -2.25. The second kappa shape index (κ2) is 12.5. The summed E-state index contributed by atoms with van der Waals surface area (Å²) in [5.41, 5.74) is 0. The van der Waals surface area contributed by atoms with Crippen molar-refractivity contribution in [3.05, 3.63) is 17.0 Å². The molecule has 1 aliphatic heterocycles. The second-order valence-corrected chi connectivity index (χ2v) is 10.6. The smallest absolute Gasteiger partial charge is 0.252 e. The lowest BCUT2D eigenvalue weighted by atomic mass is 9.99. The van der Waals surface area contributed by atoms with Crippen LogP contribution in [0.15, 0.2) is 21.3 Å². The Morgan fingerprint density at radius 1 is 1.24 bits per heavy atom. The molecule has 0 saturated carbocycles. The number of hydrogen-bond acceptors (Lipinski definition) is 5. The molecular weight excluding hydrogens is 408 g/mol. The standard InChI is InChI=1S/C20H36N4O3S2/c1-4-7-8-17(5-2)15-22-20(21-6-3)23-16-18-9-10-19(28-18)29(25,26)24-11-13-27-14-12-24/h9-10,17H,4-8,11-16H2,1-3H3,(H2,21,22,23). The predicted octanol–water partition coefficient (Wildman–Crippen LogP) is 3.04. The van der Waals surface area contributed by atoms with Gasteiger partial charge < -0.3 is 15.4 Å². The summed E-state index contributed by atoms with van der Waals surface area (Å²) in [4.78, 5) is 5.59. The maximum Gasteiger partial charge on any atom is 0.252 e. The molecule has 166 valence electrons. The molecule has 0 aromatic carbocycles. The van der Waals surface area contributed by atoms with Crippen molar-refractivity contribution >= 4 is 27.3 Å². The zero-order valence-corrected chi connectivity index (χ0v) is 19.6. The molecule has 0 amide bonds. The molecule has 29 heavy (non-hydrogen) atoms. The van der Waals surface area contributed by atoms with Crippen molar-refractivity contribution in [3.8, 4) is 0 Å². The maximum atomic E-state index is 12.8. The maximum absolute atomic E-state index is 12.8. The van der Waals surface area contributed by atoms with E-state index >= 15 is 0 Å². The number of nitrogens with one attached hydrogen (secondary N) is 2. The Morgan fingerprint density at radius 3 is 2.66 bits per heavy atom. The van der Waals surface area contributed by atoms with Gasteiger partial charge in [0, 0.05) is 31.1 Å². The first kappa shape index (κ1) is 24.1. The number of aliphatic imine (C=N–C) groups is 1. The van der Waals surface area contributed by atoms with Gasteiger partial charge in [-0.1, -0.05) is 33.1 Å². The van der Waals surface area contributed by atoms with E-state index in [4.69, 9.17) is 4.74 Å². The van der Waals surface area contributed by atoms with Crippen LogP contribution in [0, 0.1) is 5.92 Å². The van der Waals surface area contributed by atoms with Crippen molar-refractivity contribution in [1.29, 1.82) is 0 Å². The lowest BCUT2D eigenvalue weighted by Crippen LogP contribution is -2.40. The third kappa shape index (κ3) is 7.55. The summed E-state index contributed by atoms with van der Waals surface area (Å²) in [6, 6.07) is 3.56. The minimum Gasteiger partial charge on any atom is -0.379 e. The van der Waals surface area contributed by atoms with Gasteiger partial charge in [0.25, 0.3) is 10.0 Å². The normalized spacial score (nSPS) is 17.3. The van der Waals surface area contributed by atoms with E-state index in [0.717, 1.165) is 30.3 Å². The highest BCUT2D eigenvalue weighted by molar-refractivity contribution is 7.91. The first-order chi connectivity index (χ1) is 14.0. The third-order valence-electron chi connectivity index (χ3n) is 5.04. The highest BCUT2D eigenvalue weighted by atomic mass is 32.2. The monoisotopic (exact) mass is 444 g/mol. The summed E-state index contributed by atoms with van der Waals surface area (Å²) in [5, 5.41) is 6.72. The van der Waals surface area contributed by atoms with Crippen molar-refractivity contribution < 1.29 is 13.2 Å². The van der Waals surface area contributed by atoms with Crippen LogP contribution in [0.2, 0.25) is 0 Å². The van der Waals surface area contributed by atoms with E-state index in [1.165, 1.54) is 34.9 Å². The lowest BCUT2D eigenvalue weighted by molar-refractivity contribution is 0.0731. The van der Waals surface area contributed by atoms with E-state index in [1.54, 1.807) is 6.07 Å². The number of morpholine rings is 1. The van der Waals surface area contributed by atoms with Gasteiger partial charge in [-0.15, -0.1) is 11.3 Å². The zero-order chi connectivity index (χ0) is 21.1. The molecule has 1 aromatic rings. The van der Waals surface area contributed by atoms with Gasteiger partial charge in [0.05, 0.1) is 19.8 Å². The summed E-state index contributed by atoms with van der Waals surface area (Å²) in [6.07, 6.45) is 4.86. The molecule has 1 aromatic heterocycles. The van der Waals surface area contributed by atoms with Crippen LogP contribution < -0.4 is 10.6 Å². The van der Waals surface area contributed by atoms with Gasteiger partial charge >= 0.3 is 0 Å². The van der Waals surface area contributed by atoms with Crippen LogP contribution in [0.4, 0.5) is 0 Å². The third-order valence-corrected chi connectivity index (χ3v) is 8.48. The van der Waals surface area contributed by atoms with Gasteiger partial charge in [0.2, 0.25) is 0 Å². The minimum atomic E-state index is -3.43. The van der Waals surface area contributed by atoms with E-state index in [0.29, 0.717) is 43.0 Å². The van der Waals surface area contributed by atoms with Crippen molar-refractivity contribution in [2.75, 3.05) is 39.4 Å². The number of thiophene rings is 1. The van der Waals surface area contributed by atoms with E-state index in [9.17, 15) is 8.42 Å². The predicted molar refractivity (Wildman–Crippen MR) is 120 cm³/mol. The molecule has 2 rings (SSSR count). The molecule has 1 aliphatic rings.